The first-order valence-electron chi connectivity index (χ1n) is 4.16. The molecule has 0 atom stereocenters. The van der Waals surface area contributed by atoms with Gasteiger partial charge in [0.25, 0.3) is 0 Å². The third-order valence-corrected chi connectivity index (χ3v) is 1.76. The Hall–Kier alpha value is -1.98. The Morgan fingerprint density at radius 1 is 0.933 bits per heavy atom. The summed E-state index contributed by atoms with van der Waals surface area (Å²) in [6, 6.07) is 3.38. The molecule has 0 aliphatic carbocycles. The monoisotopic (exact) mass is 208 g/mol. The van der Waals surface area contributed by atoms with Gasteiger partial charge in [-0.2, -0.15) is 0 Å². The maximum absolute atomic E-state index is 12.9. The molecule has 4 nitrogen and oxygen atoms in total. The van der Waals surface area contributed by atoms with Gasteiger partial charge in [0, 0.05) is 5.56 Å². The van der Waals surface area contributed by atoms with E-state index in [9.17, 15) is 8.78 Å². The van der Waals surface area contributed by atoms with E-state index in [1.165, 1.54) is 6.07 Å². The molecule has 76 valence electrons. The number of benzene rings is 1. The summed E-state index contributed by atoms with van der Waals surface area (Å²) in [4.78, 5) is 0. The third kappa shape index (κ3) is 1.93. The van der Waals surface area contributed by atoms with Crippen molar-refractivity contribution in [1.29, 1.82) is 0 Å². The normalized spacial score (nSPS) is 10.3. The lowest BCUT2D eigenvalue weighted by molar-refractivity contribution is 0.509. The molecule has 0 N–H and O–H groups in total. The Balaban J connectivity index is 2.45. The number of nitrogens with zero attached hydrogens (tertiary/aromatic N) is 4. The van der Waals surface area contributed by atoms with Crippen LogP contribution in [0.4, 0.5) is 8.78 Å². The van der Waals surface area contributed by atoms with Gasteiger partial charge in [-0.1, -0.05) is 0 Å². The second-order valence-electron chi connectivity index (χ2n) is 2.90. The molecule has 0 aliphatic rings. The van der Waals surface area contributed by atoms with Crippen molar-refractivity contribution in [2.75, 3.05) is 0 Å². The first-order chi connectivity index (χ1) is 7.16. The van der Waals surface area contributed by atoms with Crippen molar-refractivity contribution in [2.24, 2.45) is 0 Å². The van der Waals surface area contributed by atoms with Gasteiger partial charge in [-0.3, -0.25) is 0 Å². The van der Waals surface area contributed by atoms with E-state index in [1.807, 2.05) is 0 Å². The second-order valence-corrected chi connectivity index (χ2v) is 2.90. The van der Waals surface area contributed by atoms with E-state index in [-0.39, 0.29) is 5.82 Å². The number of rotatable bonds is 1. The minimum Gasteiger partial charge on any atom is -0.204 e. The molecule has 0 saturated heterocycles. The van der Waals surface area contributed by atoms with E-state index in [1.54, 1.807) is 6.92 Å². The van der Waals surface area contributed by atoms with Crippen LogP contribution in [0.5, 0.6) is 0 Å². The van der Waals surface area contributed by atoms with Crippen LogP contribution >= 0.6 is 0 Å². The van der Waals surface area contributed by atoms with E-state index in [0.29, 0.717) is 11.4 Å². The highest BCUT2D eigenvalue weighted by atomic mass is 19.2. The Labute approximate surface area is 84.0 Å². The number of hydrogen-bond donors (Lipinski definition) is 0. The molecule has 0 saturated carbocycles. The predicted octanol–water partition coefficient (Wildman–Crippen LogP) is 1.52. The maximum Gasteiger partial charge on any atom is 0.203 e. The summed E-state index contributed by atoms with van der Waals surface area (Å²) in [5, 5.41) is 14.7. The smallest absolute Gasteiger partial charge is 0.203 e. The number of aryl methyl sites for hydroxylation is 1. The van der Waals surface area contributed by atoms with Gasteiger partial charge >= 0.3 is 0 Å². The summed E-state index contributed by atoms with van der Waals surface area (Å²) in [5.41, 5.74) is 0.342. The minimum absolute atomic E-state index is 0.166. The summed E-state index contributed by atoms with van der Waals surface area (Å²) < 4.78 is 25.5. The van der Waals surface area contributed by atoms with Gasteiger partial charge in [0.2, 0.25) is 5.82 Å². The van der Waals surface area contributed by atoms with Crippen LogP contribution < -0.4 is 0 Å². The molecule has 0 unspecified atom stereocenters. The highest BCUT2D eigenvalue weighted by Crippen LogP contribution is 2.16. The molecule has 0 amide bonds. The summed E-state index contributed by atoms with van der Waals surface area (Å²) in [6.07, 6.45) is 0. The first kappa shape index (κ1) is 9.57. The third-order valence-electron chi connectivity index (χ3n) is 1.76. The fraction of sp³-hybridized carbons (Fsp3) is 0.111. The molecule has 0 fully saturated rings. The summed E-state index contributed by atoms with van der Waals surface area (Å²) in [5.74, 6) is -1.27. The average molecular weight is 208 g/mol. The average Bonchev–Trinajstić information content (AvgIpc) is 2.23. The number of halogens is 2. The molecule has 1 heterocycles. The van der Waals surface area contributed by atoms with Gasteiger partial charge in [0.15, 0.2) is 17.5 Å². The quantitative estimate of drug-likeness (QED) is 0.712. The van der Waals surface area contributed by atoms with Crippen LogP contribution in [0.15, 0.2) is 18.2 Å². The fourth-order valence-electron chi connectivity index (χ4n) is 1.03. The lowest BCUT2D eigenvalue weighted by Crippen LogP contribution is -1.99. The lowest BCUT2D eigenvalue weighted by atomic mass is 10.2. The number of aromatic nitrogens is 4. The zero-order valence-electron chi connectivity index (χ0n) is 7.78. The van der Waals surface area contributed by atoms with Crippen molar-refractivity contribution >= 4 is 0 Å². The fourth-order valence-corrected chi connectivity index (χ4v) is 1.03. The van der Waals surface area contributed by atoms with Crippen molar-refractivity contribution in [1.82, 2.24) is 20.4 Å². The molecule has 2 rings (SSSR count). The van der Waals surface area contributed by atoms with E-state index in [2.05, 4.69) is 20.4 Å². The maximum atomic E-state index is 12.9. The van der Waals surface area contributed by atoms with Gasteiger partial charge in [-0.15, -0.1) is 20.4 Å². The van der Waals surface area contributed by atoms with Crippen LogP contribution in [0, 0.1) is 18.6 Å². The summed E-state index contributed by atoms with van der Waals surface area (Å²) in [7, 11) is 0. The first-order valence-corrected chi connectivity index (χ1v) is 4.16. The predicted molar refractivity (Wildman–Crippen MR) is 47.7 cm³/mol. The van der Waals surface area contributed by atoms with E-state index < -0.39 is 11.6 Å². The molecule has 1 aromatic carbocycles. The Morgan fingerprint density at radius 3 is 2.20 bits per heavy atom. The van der Waals surface area contributed by atoms with E-state index >= 15 is 0 Å². The van der Waals surface area contributed by atoms with Gasteiger partial charge in [0.1, 0.15) is 0 Å². The van der Waals surface area contributed by atoms with Crippen molar-refractivity contribution in [3.8, 4) is 11.4 Å². The Bertz CT molecular complexity index is 484. The lowest BCUT2D eigenvalue weighted by Gasteiger charge is -1.98. The minimum atomic E-state index is -0.948. The zero-order chi connectivity index (χ0) is 10.8. The van der Waals surface area contributed by atoms with Crippen LogP contribution in [0.25, 0.3) is 11.4 Å². The van der Waals surface area contributed by atoms with Gasteiger partial charge in [0.05, 0.1) is 0 Å². The van der Waals surface area contributed by atoms with Crippen LogP contribution in [-0.2, 0) is 0 Å². The molecule has 2 aromatic rings. The van der Waals surface area contributed by atoms with Crippen LogP contribution in [0.3, 0.4) is 0 Å². The van der Waals surface area contributed by atoms with Crippen molar-refractivity contribution in [3.63, 3.8) is 0 Å². The number of hydrogen-bond acceptors (Lipinski definition) is 4. The topological polar surface area (TPSA) is 51.6 Å². The highest BCUT2D eigenvalue weighted by molar-refractivity contribution is 5.53. The van der Waals surface area contributed by atoms with Crippen molar-refractivity contribution in [2.45, 2.75) is 6.92 Å². The molecular formula is C9H6F2N4. The van der Waals surface area contributed by atoms with Crippen LogP contribution in [-0.4, -0.2) is 20.4 Å². The molecule has 15 heavy (non-hydrogen) atoms. The molecule has 0 bridgehead atoms. The second kappa shape index (κ2) is 3.64. The largest absolute Gasteiger partial charge is 0.204 e. The van der Waals surface area contributed by atoms with Crippen LogP contribution in [0.2, 0.25) is 0 Å². The molecule has 1 aromatic heterocycles. The van der Waals surface area contributed by atoms with Crippen molar-refractivity contribution in [3.05, 3.63) is 35.7 Å². The van der Waals surface area contributed by atoms with E-state index in [4.69, 9.17) is 0 Å². The highest BCUT2D eigenvalue weighted by Gasteiger charge is 2.07. The zero-order valence-corrected chi connectivity index (χ0v) is 7.78. The Morgan fingerprint density at radius 2 is 1.60 bits per heavy atom. The van der Waals surface area contributed by atoms with Crippen LogP contribution in [0.1, 0.15) is 5.82 Å². The summed E-state index contributed by atoms with van der Waals surface area (Å²) >= 11 is 0. The molecule has 0 radical (unpaired) electrons. The summed E-state index contributed by atoms with van der Waals surface area (Å²) in [6.45, 7) is 1.63. The SMILES string of the molecule is Cc1nnc(-c2ccc(F)c(F)c2)nn1. The molecule has 0 spiro atoms. The molecular weight excluding hydrogens is 202 g/mol. The van der Waals surface area contributed by atoms with Gasteiger partial charge < -0.3 is 0 Å². The molecule has 0 aliphatic heterocycles. The van der Waals surface area contributed by atoms with E-state index in [0.717, 1.165) is 12.1 Å². The van der Waals surface area contributed by atoms with Crippen molar-refractivity contribution < 1.29 is 8.78 Å². The molecule has 6 heteroatoms. The van der Waals surface area contributed by atoms with Gasteiger partial charge in [-0.25, -0.2) is 8.78 Å². The Kier molecular flexibility index (Phi) is 2.32. The van der Waals surface area contributed by atoms with Gasteiger partial charge in [-0.05, 0) is 25.1 Å². The standard InChI is InChI=1S/C9H6F2N4/c1-5-12-14-9(15-13-5)6-2-3-7(10)8(11)4-6/h2-4H,1H3.